The summed E-state index contributed by atoms with van der Waals surface area (Å²) in [7, 11) is 0. The van der Waals surface area contributed by atoms with Gasteiger partial charge in [0, 0.05) is 24.2 Å². The highest BCUT2D eigenvalue weighted by Gasteiger charge is 2.39. The van der Waals surface area contributed by atoms with Crippen molar-refractivity contribution in [3.8, 4) is 0 Å². The smallest absolute Gasteiger partial charge is 0.228 e. The minimum absolute atomic E-state index is 0.0260. The molecule has 4 nitrogen and oxygen atoms in total. The molecule has 5 heteroatoms. The van der Waals surface area contributed by atoms with Gasteiger partial charge in [0.2, 0.25) is 5.91 Å². The Labute approximate surface area is 128 Å². The number of hydrogen-bond donors (Lipinski definition) is 2. The summed E-state index contributed by atoms with van der Waals surface area (Å²) in [6.45, 7) is 3.58. The third kappa shape index (κ3) is 3.40. The van der Waals surface area contributed by atoms with Crippen LogP contribution < -0.4 is 11.1 Å². The molecule has 0 aliphatic carbocycles. The van der Waals surface area contributed by atoms with Crippen LogP contribution in [0.1, 0.15) is 31.4 Å². The second-order valence-electron chi connectivity index (χ2n) is 5.34. The number of hydrogen-bond acceptors (Lipinski definition) is 3. The highest BCUT2D eigenvalue weighted by molar-refractivity contribution is 9.10. The number of carbonyl (C=O) groups is 1. The van der Waals surface area contributed by atoms with E-state index in [4.69, 9.17) is 10.5 Å². The van der Waals surface area contributed by atoms with E-state index < -0.39 is 5.41 Å². The van der Waals surface area contributed by atoms with Gasteiger partial charge in [0.15, 0.2) is 0 Å². The summed E-state index contributed by atoms with van der Waals surface area (Å²) in [5.41, 5.74) is 6.46. The molecule has 3 N–H and O–H groups in total. The van der Waals surface area contributed by atoms with Gasteiger partial charge >= 0.3 is 0 Å². The quantitative estimate of drug-likeness (QED) is 0.884. The van der Waals surface area contributed by atoms with Crippen molar-refractivity contribution >= 4 is 21.8 Å². The first-order valence-electron chi connectivity index (χ1n) is 6.92. The molecule has 1 heterocycles. The van der Waals surface area contributed by atoms with Crippen molar-refractivity contribution in [2.45, 2.75) is 25.8 Å². The van der Waals surface area contributed by atoms with E-state index in [0.717, 1.165) is 10.0 Å². The van der Waals surface area contributed by atoms with Crippen LogP contribution in [0.2, 0.25) is 0 Å². The zero-order valence-corrected chi connectivity index (χ0v) is 13.3. The Morgan fingerprint density at radius 2 is 2.00 bits per heavy atom. The molecule has 1 aliphatic heterocycles. The SMILES string of the molecule is CC(NC(=O)C1(CN)CCOCC1)c1ccc(Br)cc1. The van der Waals surface area contributed by atoms with E-state index in [1.54, 1.807) is 0 Å². The molecule has 1 atom stereocenters. The third-order valence-corrected chi connectivity index (χ3v) is 4.57. The predicted molar refractivity (Wildman–Crippen MR) is 82.2 cm³/mol. The van der Waals surface area contributed by atoms with Gasteiger partial charge in [-0.3, -0.25) is 4.79 Å². The van der Waals surface area contributed by atoms with Crippen LogP contribution in [-0.2, 0) is 9.53 Å². The predicted octanol–water partition coefficient (Wildman–Crippen LogP) is 2.38. The van der Waals surface area contributed by atoms with Crippen LogP contribution >= 0.6 is 15.9 Å². The van der Waals surface area contributed by atoms with E-state index in [-0.39, 0.29) is 11.9 Å². The monoisotopic (exact) mass is 340 g/mol. The maximum atomic E-state index is 12.5. The Kier molecular flexibility index (Phi) is 5.18. The van der Waals surface area contributed by atoms with Crippen LogP contribution in [-0.4, -0.2) is 25.7 Å². The topological polar surface area (TPSA) is 64.4 Å². The second-order valence-corrected chi connectivity index (χ2v) is 6.26. The van der Waals surface area contributed by atoms with Crippen molar-refractivity contribution in [1.29, 1.82) is 0 Å². The van der Waals surface area contributed by atoms with E-state index in [9.17, 15) is 4.79 Å². The zero-order chi connectivity index (χ0) is 14.6. The molecular weight excluding hydrogens is 320 g/mol. The van der Waals surface area contributed by atoms with Crippen LogP contribution in [0, 0.1) is 5.41 Å². The summed E-state index contributed by atoms with van der Waals surface area (Å²) < 4.78 is 6.37. The van der Waals surface area contributed by atoms with Gasteiger partial charge in [0.25, 0.3) is 0 Å². The van der Waals surface area contributed by atoms with Crippen LogP contribution in [0.15, 0.2) is 28.7 Å². The summed E-state index contributed by atoms with van der Waals surface area (Å²) in [4.78, 5) is 12.5. The first kappa shape index (κ1) is 15.5. The fraction of sp³-hybridized carbons (Fsp3) is 0.533. The van der Waals surface area contributed by atoms with Crippen LogP contribution in [0.5, 0.6) is 0 Å². The standard InChI is InChI=1S/C15H21BrN2O2/c1-11(12-2-4-13(16)5-3-12)18-14(19)15(10-17)6-8-20-9-7-15/h2-5,11H,6-10,17H2,1H3,(H,18,19). The molecule has 110 valence electrons. The molecular formula is C15H21BrN2O2. The lowest BCUT2D eigenvalue weighted by Gasteiger charge is -2.35. The van der Waals surface area contributed by atoms with Gasteiger partial charge in [-0.15, -0.1) is 0 Å². The summed E-state index contributed by atoms with van der Waals surface area (Å²) >= 11 is 3.41. The van der Waals surface area contributed by atoms with Crippen LogP contribution in [0.3, 0.4) is 0 Å². The van der Waals surface area contributed by atoms with Crippen molar-refractivity contribution in [3.05, 3.63) is 34.3 Å². The molecule has 0 spiro atoms. The van der Waals surface area contributed by atoms with Crippen molar-refractivity contribution in [3.63, 3.8) is 0 Å². The molecule has 1 unspecified atom stereocenters. The number of benzene rings is 1. The Bertz CT molecular complexity index is 455. The van der Waals surface area contributed by atoms with E-state index in [1.807, 2.05) is 31.2 Å². The fourth-order valence-corrected chi connectivity index (χ4v) is 2.73. The normalized spacial score (nSPS) is 19.4. The van der Waals surface area contributed by atoms with E-state index in [2.05, 4.69) is 21.2 Å². The number of carbonyl (C=O) groups excluding carboxylic acids is 1. The summed E-state index contributed by atoms with van der Waals surface area (Å²) in [5, 5.41) is 3.09. The van der Waals surface area contributed by atoms with Crippen molar-refractivity contribution in [2.24, 2.45) is 11.1 Å². The number of ether oxygens (including phenoxy) is 1. The lowest BCUT2D eigenvalue weighted by Crippen LogP contribution is -2.49. The van der Waals surface area contributed by atoms with E-state index >= 15 is 0 Å². The molecule has 1 amide bonds. The Morgan fingerprint density at radius 3 is 2.55 bits per heavy atom. The van der Waals surface area contributed by atoms with Crippen LogP contribution in [0.25, 0.3) is 0 Å². The molecule has 0 radical (unpaired) electrons. The van der Waals surface area contributed by atoms with Gasteiger partial charge in [0.05, 0.1) is 11.5 Å². The van der Waals surface area contributed by atoms with Crippen molar-refractivity contribution in [1.82, 2.24) is 5.32 Å². The molecule has 1 saturated heterocycles. The Balaban J connectivity index is 2.04. The molecule has 0 bridgehead atoms. The van der Waals surface area contributed by atoms with E-state index in [1.165, 1.54) is 0 Å². The highest BCUT2D eigenvalue weighted by atomic mass is 79.9. The summed E-state index contributed by atoms with van der Waals surface area (Å²) in [6, 6.07) is 7.94. The average molecular weight is 341 g/mol. The molecule has 1 aromatic rings. The number of halogens is 1. The molecule has 1 aliphatic rings. The number of rotatable bonds is 4. The fourth-order valence-electron chi connectivity index (χ4n) is 2.47. The minimum atomic E-state index is -0.470. The summed E-state index contributed by atoms with van der Waals surface area (Å²) in [6.07, 6.45) is 1.39. The van der Waals surface area contributed by atoms with Gasteiger partial charge in [-0.2, -0.15) is 0 Å². The van der Waals surface area contributed by atoms with Crippen molar-refractivity contribution < 1.29 is 9.53 Å². The molecule has 1 aromatic carbocycles. The maximum absolute atomic E-state index is 12.5. The van der Waals surface area contributed by atoms with Crippen LogP contribution in [0.4, 0.5) is 0 Å². The lowest BCUT2D eigenvalue weighted by atomic mass is 9.79. The second kappa shape index (κ2) is 6.70. The van der Waals surface area contributed by atoms with Gasteiger partial charge in [0.1, 0.15) is 0 Å². The van der Waals surface area contributed by atoms with Gasteiger partial charge < -0.3 is 15.8 Å². The van der Waals surface area contributed by atoms with Gasteiger partial charge in [-0.05, 0) is 37.5 Å². The molecule has 0 aromatic heterocycles. The molecule has 2 rings (SSSR count). The number of nitrogens with one attached hydrogen (secondary N) is 1. The molecule has 0 saturated carbocycles. The molecule has 20 heavy (non-hydrogen) atoms. The summed E-state index contributed by atoms with van der Waals surface area (Å²) in [5.74, 6) is 0.0405. The maximum Gasteiger partial charge on any atom is 0.228 e. The van der Waals surface area contributed by atoms with Gasteiger partial charge in [-0.25, -0.2) is 0 Å². The first-order chi connectivity index (χ1) is 9.57. The minimum Gasteiger partial charge on any atom is -0.381 e. The largest absolute Gasteiger partial charge is 0.381 e. The molecule has 1 fully saturated rings. The first-order valence-corrected chi connectivity index (χ1v) is 7.71. The lowest BCUT2D eigenvalue weighted by molar-refractivity contribution is -0.136. The highest BCUT2D eigenvalue weighted by Crippen LogP contribution is 2.30. The Hall–Kier alpha value is -0.910. The van der Waals surface area contributed by atoms with Gasteiger partial charge in [-0.1, -0.05) is 28.1 Å². The number of amides is 1. The average Bonchev–Trinajstić information content (AvgIpc) is 2.48. The third-order valence-electron chi connectivity index (χ3n) is 4.04. The zero-order valence-electron chi connectivity index (χ0n) is 11.7. The Morgan fingerprint density at radius 1 is 1.40 bits per heavy atom. The van der Waals surface area contributed by atoms with E-state index in [0.29, 0.717) is 32.6 Å². The number of nitrogens with two attached hydrogens (primary N) is 1. The van der Waals surface area contributed by atoms with Crippen molar-refractivity contribution in [2.75, 3.05) is 19.8 Å².